The summed E-state index contributed by atoms with van der Waals surface area (Å²) in [6.07, 6.45) is 4.72. The molecule has 1 fully saturated rings. The molecule has 1 aliphatic carbocycles. The monoisotopic (exact) mass is 278 g/mol. The van der Waals surface area contributed by atoms with Crippen molar-refractivity contribution in [3.05, 3.63) is 35.6 Å². The van der Waals surface area contributed by atoms with Crippen molar-refractivity contribution >= 4 is 5.91 Å². The predicted molar refractivity (Wildman–Crippen MR) is 78.0 cm³/mol. The average Bonchev–Trinajstić information content (AvgIpc) is 2.45. The van der Waals surface area contributed by atoms with Crippen molar-refractivity contribution in [1.29, 1.82) is 0 Å². The summed E-state index contributed by atoms with van der Waals surface area (Å²) in [4.78, 5) is 14.5. The van der Waals surface area contributed by atoms with Gasteiger partial charge in [0.1, 0.15) is 5.82 Å². The SMILES string of the molecule is CCCN(C(=O)c1cccc(F)c1)C1CCC(N)CC1. The van der Waals surface area contributed by atoms with Crippen LogP contribution in [0.3, 0.4) is 0 Å². The molecule has 3 nitrogen and oxygen atoms in total. The number of carbonyl (C=O) groups is 1. The topological polar surface area (TPSA) is 46.3 Å². The van der Waals surface area contributed by atoms with Crippen LogP contribution in [0.4, 0.5) is 4.39 Å². The number of hydrogen-bond acceptors (Lipinski definition) is 2. The molecule has 0 heterocycles. The highest BCUT2D eigenvalue weighted by molar-refractivity contribution is 5.94. The van der Waals surface area contributed by atoms with Gasteiger partial charge >= 0.3 is 0 Å². The number of nitrogens with two attached hydrogens (primary N) is 1. The van der Waals surface area contributed by atoms with E-state index in [4.69, 9.17) is 5.73 Å². The van der Waals surface area contributed by atoms with E-state index < -0.39 is 0 Å². The minimum Gasteiger partial charge on any atom is -0.336 e. The Kier molecular flexibility index (Phi) is 5.12. The van der Waals surface area contributed by atoms with Crippen LogP contribution in [0.15, 0.2) is 24.3 Å². The van der Waals surface area contributed by atoms with Gasteiger partial charge in [-0.2, -0.15) is 0 Å². The highest BCUT2D eigenvalue weighted by Crippen LogP contribution is 2.24. The van der Waals surface area contributed by atoms with Crippen molar-refractivity contribution in [2.24, 2.45) is 5.73 Å². The van der Waals surface area contributed by atoms with Crippen molar-refractivity contribution in [2.75, 3.05) is 6.54 Å². The van der Waals surface area contributed by atoms with Gasteiger partial charge in [-0.25, -0.2) is 4.39 Å². The minimum atomic E-state index is -0.363. The molecule has 0 bridgehead atoms. The first-order chi connectivity index (χ1) is 9.61. The van der Waals surface area contributed by atoms with Crippen LogP contribution < -0.4 is 5.73 Å². The third-order valence-electron chi connectivity index (χ3n) is 3.98. The van der Waals surface area contributed by atoms with E-state index >= 15 is 0 Å². The first-order valence-corrected chi connectivity index (χ1v) is 7.44. The molecule has 2 rings (SSSR count). The fraction of sp³-hybridized carbons (Fsp3) is 0.562. The van der Waals surface area contributed by atoms with Gasteiger partial charge in [-0.1, -0.05) is 13.0 Å². The lowest BCUT2D eigenvalue weighted by atomic mass is 9.90. The first-order valence-electron chi connectivity index (χ1n) is 7.44. The zero-order chi connectivity index (χ0) is 14.5. The second-order valence-electron chi connectivity index (χ2n) is 5.58. The zero-order valence-electron chi connectivity index (χ0n) is 12.0. The molecule has 2 N–H and O–H groups in total. The molecule has 4 heteroatoms. The van der Waals surface area contributed by atoms with E-state index in [1.165, 1.54) is 12.1 Å². The summed E-state index contributed by atoms with van der Waals surface area (Å²) in [5.41, 5.74) is 6.36. The van der Waals surface area contributed by atoms with Gasteiger partial charge in [-0.15, -0.1) is 0 Å². The summed E-state index contributed by atoms with van der Waals surface area (Å²) in [5, 5.41) is 0. The van der Waals surface area contributed by atoms with Crippen molar-refractivity contribution in [3.8, 4) is 0 Å². The number of rotatable bonds is 4. The van der Waals surface area contributed by atoms with Gasteiger partial charge in [0.2, 0.25) is 0 Å². The third-order valence-corrected chi connectivity index (χ3v) is 3.98. The van der Waals surface area contributed by atoms with Crippen LogP contribution in [0.2, 0.25) is 0 Å². The molecule has 1 aromatic rings. The number of benzene rings is 1. The van der Waals surface area contributed by atoms with Gasteiger partial charge in [0.25, 0.3) is 5.91 Å². The van der Waals surface area contributed by atoms with Crippen LogP contribution in [0.25, 0.3) is 0 Å². The quantitative estimate of drug-likeness (QED) is 0.920. The maximum atomic E-state index is 13.3. The second kappa shape index (κ2) is 6.84. The minimum absolute atomic E-state index is 0.0631. The largest absolute Gasteiger partial charge is 0.336 e. The van der Waals surface area contributed by atoms with Crippen molar-refractivity contribution in [2.45, 2.75) is 51.1 Å². The van der Waals surface area contributed by atoms with Crippen LogP contribution in [-0.2, 0) is 0 Å². The lowest BCUT2D eigenvalue weighted by Gasteiger charge is -2.36. The van der Waals surface area contributed by atoms with Crippen molar-refractivity contribution < 1.29 is 9.18 Å². The van der Waals surface area contributed by atoms with Gasteiger partial charge in [-0.05, 0) is 50.3 Å². The molecule has 1 aromatic carbocycles. The van der Waals surface area contributed by atoms with Gasteiger partial charge in [0, 0.05) is 24.2 Å². The fourth-order valence-electron chi connectivity index (χ4n) is 2.89. The smallest absolute Gasteiger partial charge is 0.254 e. The maximum Gasteiger partial charge on any atom is 0.254 e. The molecule has 1 aliphatic rings. The average molecular weight is 278 g/mol. The van der Waals surface area contributed by atoms with Crippen molar-refractivity contribution in [1.82, 2.24) is 4.90 Å². The summed E-state index contributed by atoms with van der Waals surface area (Å²) < 4.78 is 13.3. The van der Waals surface area contributed by atoms with E-state index in [1.54, 1.807) is 12.1 Å². The Bertz CT molecular complexity index is 456. The molecular weight excluding hydrogens is 255 g/mol. The molecule has 1 saturated carbocycles. The Hall–Kier alpha value is -1.42. The lowest BCUT2D eigenvalue weighted by molar-refractivity contribution is 0.0626. The summed E-state index contributed by atoms with van der Waals surface area (Å²) in [6, 6.07) is 6.45. The van der Waals surface area contributed by atoms with Gasteiger partial charge < -0.3 is 10.6 Å². The molecule has 1 amide bonds. The van der Waals surface area contributed by atoms with Crippen LogP contribution >= 0.6 is 0 Å². The summed E-state index contributed by atoms with van der Waals surface area (Å²) in [5.74, 6) is -0.426. The van der Waals surface area contributed by atoms with Crippen LogP contribution in [0.1, 0.15) is 49.4 Å². The van der Waals surface area contributed by atoms with Crippen LogP contribution in [0.5, 0.6) is 0 Å². The number of halogens is 1. The van der Waals surface area contributed by atoms with E-state index in [2.05, 4.69) is 6.92 Å². The third kappa shape index (κ3) is 3.57. The molecule has 0 atom stereocenters. The molecule has 0 radical (unpaired) electrons. The Morgan fingerprint density at radius 1 is 1.35 bits per heavy atom. The number of amides is 1. The highest BCUT2D eigenvalue weighted by Gasteiger charge is 2.27. The summed E-state index contributed by atoms with van der Waals surface area (Å²) >= 11 is 0. The summed E-state index contributed by atoms with van der Waals surface area (Å²) in [6.45, 7) is 2.77. The first kappa shape index (κ1) is 15.0. The van der Waals surface area contributed by atoms with E-state index in [0.717, 1.165) is 38.6 Å². The van der Waals surface area contributed by atoms with E-state index in [-0.39, 0.29) is 23.8 Å². The molecular formula is C16H23FN2O. The normalized spacial score (nSPS) is 22.6. The maximum absolute atomic E-state index is 13.3. The van der Waals surface area contributed by atoms with Crippen molar-refractivity contribution in [3.63, 3.8) is 0 Å². The van der Waals surface area contributed by atoms with Gasteiger partial charge in [-0.3, -0.25) is 4.79 Å². The standard InChI is InChI=1S/C16H23FN2O/c1-2-10-19(15-8-6-14(18)7-9-15)16(20)12-4-3-5-13(17)11-12/h3-5,11,14-15H,2,6-10,18H2,1H3. The van der Waals surface area contributed by atoms with Crippen LogP contribution in [0, 0.1) is 5.82 Å². The molecule has 20 heavy (non-hydrogen) atoms. The second-order valence-corrected chi connectivity index (χ2v) is 5.58. The Balaban J connectivity index is 2.13. The van der Waals surface area contributed by atoms with Gasteiger partial charge in [0.05, 0.1) is 0 Å². The van der Waals surface area contributed by atoms with E-state index in [1.807, 2.05) is 4.90 Å². The van der Waals surface area contributed by atoms with E-state index in [9.17, 15) is 9.18 Å². The predicted octanol–water partition coefficient (Wildman–Crippen LogP) is 2.95. The van der Waals surface area contributed by atoms with Gasteiger partial charge in [0.15, 0.2) is 0 Å². The zero-order valence-corrected chi connectivity index (χ0v) is 12.0. The molecule has 0 saturated heterocycles. The molecule has 0 spiro atoms. The molecule has 110 valence electrons. The number of hydrogen-bond donors (Lipinski definition) is 1. The Morgan fingerprint density at radius 2 is 2.05 bits per heavy atom. The molecule has 0 aromatic heterocycles. The van der Waals surface area contributed by atoms with E-state index in [0.29, 0.717) is 5.56 Å². The molecule has 0 unspecified atom stereocenters. The van der Waals surface area contributed by atoms with Crippen LogP contribution in [-0.4, -0.2) is 29.4 Å². The Morgan fingerprint density at radius 3 is 2.65 bits per heavy atom. The molecule has 0 aliphatic heterocycles. The summed E-state index contributed by atoms with van der Waals surface area (Å²) in [7, 11) is 0. The fourth-order valence-corrected chi connectivity index (χ4v) is 2.89. The number of nitrogens with zero attached hydrogens (tertiary/aromatic N) is 1. The lowest BCUT2D eigenvalue weighted by Crippen LogP contribution is -2.44. The number of carbonyl (C=O) groups excluding carboxylic acids is 1. The Labute approximate surface area is 120 Å². The highest BCUT2D eigenvalue weighted by atomic mass is 19.1.